The zero-order valence-electron chi connectivity index (χ0n) is 7.66. The second-order valence-corrected chi connectivity index (χ2v) is 2.76. The van der Waals surface area contributed by atoms with Crippen molar-refractivity contribution in [3.8, 4) is 11.8 Å². The van der Waals surface area contributed by atoms with Crippen molar-refractivity contribution in [2.24, 2.45) is 0 Å². The van der Waals surface area contributed by atoms with Crippen LogP contribution < -0.4 is 0 Å². The topological polar surface area (TPSA) is 17.1 Å². The van der Waals surface area contributed by atoms with Crippen molar-refractivity contribution in [3.05, 3.63) is 35.9 Å². The molecule has 1 unspecified atom stereocenters. The Morgan fingerprint density at radius 2 is 2.08 bits per heavy atom. The van der Waals surface area contributed by atoms with Crippen LogP contribution in [-0.4, -0.2) is 6.29 Å². The van der Waals surface area contributed by atoms with E-state index in [0.29, 0.717) is 6.42 Å². The van der Waals surface area contributed by atoms with Crippen LogP contribution in [0.3, 0.4) is 0 Å². The third-order valence-electron chi connectivity index (χ3n) is 1.85. The summed E-state index contributed by atoms with van der Waals surface area (Å²) in [5.41, 5.74) is 1.11. The first kappa shape index (κ1) is 9.54. The van der Waals surface area contributed by atoms with Crippen LogP contribution in [0.1, 0.15) is 24.8 Å². The molecule has 0 saturated carbocycles. The number of carbonyl (C=O) groups excluding carboxylic acids is 1. The van der Waals surface area contributed by atoms with Crippen LogP contribution in [0.5, 0.6) is 0 Å². The van der Waals surface area contributed by atoms with Crippen LogP contribution >= 0.6 is 0 Å². The van der Waals surface area contributed by atoms with Gasteiger partial charge < -0.3 is 4.79 Å². The maximum atomic E-state index is 10.4. The van der Waals surface area contributed by atoms with Gasteiger partial charge >= 0.3 is 0 Å². The molecule has 0 N–H and O–H groups in total. The van der Waals surface area contributed by atoms with Gasteiger partial charge in [-0.1, -0.05) is 36.3 Å². The largest absolute Gasteiger partial charge is 0.303 e. The first-order valence-electron chi connectivity index (χ1n) is 4.29. The van der Waals surface area contributed by atoms with Gasteiger partial charge in [-0.2, -0.15) is 0 Å². The van der Waals surface area contributed by atoms with Crippen LogP contribution in [0.15, 0.2) is 30.3 Å². The molecule has 1 atom stereocenters. The molecule has 1 aromatic carbocycles. The lowest BCUT2D eigenvalue weighted by Crippen LogP contribution is -1.95. The van der Waals surface area contributed by atoms with Gasteiger partial charge in [-0.15, -0.1) is 5.92 Å². The number of benzene rings is 1. The predicted molar refractivity (Wildman–Crippen MR) is 53.3 cm³/mol. The van der Waals surface area contributed by atoms with E-state index in [0.717, 1.165) is 11.8 Å². The molecule has 0 saturated heterocycles. The number of rotatable bonds is 3. The highest BCUT2D eigenvalue weighted by atomic mass is 16.1. The lowest BCUT2D eigenvalue weighted by Gasteiger charge is -2.05. The molecule has 0 bridgehead atoms. The van der Waals surface area contributed by atoms with Gasteiger partial charge in [0.1, 0.15) is 6.29 Å². The highest BCUT2D eigenvalue weighted by Crippen LogP contribution is 2.16. The highest BCUT2D eigenvalue weighted by molar-refractivity contribution is 5.53. The second kappa shape index (κ2) is 5.16. The normalized spacial score (nSPS) is 11.2. The Hall–Kier alpha value is -1.55. The molecule has 0 fully saturated rings. The van der Waals surface area contributed by atoms with Gasteiger partial charge in [0.15, 0.2) is 0 Å². The first-order chi connectivity index (χ1) is 6.38. The van der Waals surface area contributed by atoms with Crippen molar-refractivity contribution in [2.45, 2.75) is 19.3 Å². The molecular weight excluding hydrogens is 160 g/mol. The summed E-state index contributed by atoms with van der Waals surface area (Å²) in [6.07, 6.45) is 1.40. The van der Waals surface area contributed by atoms with Crippen molar-refractivity contribution in [1.82, 2.24) is 0 Å². The minimum atomic E-state index is 0.0590. The van der Waals surface area contributed by atoms with E-state index in [1.54, 1.807) is 6.92 Å². The average molecular weight is 172 g/mol. The van der Waals surface area contributed by atoms with Crippen LogP contribution in [0, 0.1) is 11.8 Å². The Morgan fingerprint density at radius 1 is 1.38 bits per heavy atom. The molecule has 0 aliphatic carbocycles. The lowest BCUT2D eigenvalue weighted by molar-refractivity contribution is -0.107. The number of hydrogen-bond donors (Lipinski definition) is 0. The zero-order chi connectivity index (χ0) is 9.52. The molecule has 0 aliphatic heterocycles. The minimum Gasteiger partial charge on any atom is -0.303 e. The number of aldehydes is 1. The van der Waals surface area contributed by atoms with Crippen molar-refractivity contribution in [3.63, 3.8) is 0 Å². The van der Waals surface area contributed by atoms with Crippen LogP contribution in [-0.2, 0) is 4.79 Å². The Kier molecular flexibility index (Phi) is 3.78. The number of hydrogen-bond acceptors (Lipinski definition) is 1. The fourth-order valence-corrected chi connectivity index (χ4v) is 1.23. The molecule has 1 nitrogen and oxygen atoms in total. The molecule has 0 aliphatic rings. The molecule has 0 spiro atoms. The van der Waals surface area contributed by atoms with Crippen LogP contribution in [0.4, 0.5) is 0 Å². The summed E-state index contributed by atoms with van der Waals surface area (Å²) in [6, 6.07) is 9.88. The van der Waals surface area contributed by atoms with Crippen molar-refractivity contribution >= 4 is 6.29 Å². The van der Waals surface area contributed by atoms with E-state index in [4.69, 9.17) is 0 Å². The van der Waals surface area contributed by atoms with Gasteiger partial charge in [-0.25, -0.2) is 0 Å². The van der Waals surface area contributed by atoms with E-state index in [1.165, 1.54) is 0 Å². The van der Waals surface area contributed by atoms with Crippen molar-refractivity contribution < 1.29 is 4.79 Å². The molecule has 1 heteroatoms. The predicted octanol–water partition coefficient (Wildman–Crippen LogP) is 2.38. The van der Waals surface area contributed by atoms with Gasteiger partial charge in [0.2, 0.25) is 0 Å². The third-order valence-corrected chi connectivity index (χ3v) is 1.85. The zero-order valence-corrected chi connectivity index (χ0v) is 7.66. The molecule has 0 aromatic heterocycles. The summed E-state index contributed by atoms with van der Waals surface area (Å²) in [5, 5.41) is 0. The molecule has 13 heavy (non-hydrogen) atoms. The molecule has 66 valence electrons. The van der Waals surface area contributed by atoms with Crippen LogP contribution in [0.25, 0.3) is 0 Å². The van der Waals surface area contributed by atoms with Gasteiger partial charge in [-0.3, -0.25) is 0 Å². The molecular formula is C12H12O. The maximum Gasteiger partial charge on any atom is 0.121 e. The molecule has 1 aromatic rings. The average Bonchev–Trinajstić information content (AvgIpc) is 2.19. The molecule has 1 rings (SSSR count). The van der Waals surface area contributed by atoms with Gasteiger partial charge in [0.05, 0.1) is 5.92 Å². The first-order valence-corrected chi connectivity index (χ1v) is 4.29. The minimum absolute atomic E-state index is 0.0590. The van der Waals surface area contributed by atoms with Crippen molar-refractivity contribution in [1.29, 1.82) is 0 Å². The SMILES string of the molecule is CC#CC(CC=O)c1ccccc1. The van der Waals surface area contributed by atoms with Gasteiger partial charge in [0.25, 0.3) is 0 Å². The Bertz CT molecular complexity index is 316. The van der Waals surface area contributed by atoms with Crippen molar-refractivity contribution in [2.75, 3.05) is 0 Å². The third kappa shape index (κ3) is 2.76. The van der Waals surface area contributed by atoms with Gasteiger partial charge in [-0.05, 0) is 12.5 Å². The highest BCUT2D eigenvalue weighted by Gasteiger charge is 2.05. The molecule has 0 radical (unpaired) electrons. The lowest BCUT2D eigenvalue weighted by atomic mass is 9.97. The summed E-state index contributed by atoms with van der Waals surface area (Å²) in [5.74, 6) is 5.92. The van der Waals surface area contributed by atoms with E-state index in [1.807, 2.05) is 30.3 Å². The Labute approximate surface area is 78.8 Å². The Balaban J connectivity index is 2.86. The number of carbonyl (C=O) groups is 1. The quantitative estimate of drug-likeness (QED) is 0.505. The van der Waals surface area contributed by atoms with E-state index in [2.05, 4.69) is 11.8 Å². The van der Waals surface area contributed by atoms with Crippen LogP contribution in [0.2, 0.25) is 0 Å². The Morgan fingerprint density at radius 3 is 2.62 bits per heavy atom. The van der Waals surface area contributed by atoms with E-state index in [-0.39, 0.29) is 5.92 Å². The van der Waals surface area contributed by atoms with Gasteiger partial charge in [0, 0.05) is 6.42 Å². The standard InChI is InChI=1S/C12H12O/c1-2-6-11(9-10-13)12-7-4-3-5-8-12/h3-5,7-8,10-11H,9H2,1H3. The summed E-state index contributed by atoms with van der Waals surface area (Å²) in [4.78, 5) is 10.4. The fraction of sp³-hybridized carbons (Fsp3) is 0.250. The molecule has 0 heterocycles. The van der Waals surface area contributed by atoms with E-state index >= 15 is 0 Å². The monoisotopic (exact) mass is 172 g/mol. The maximum absolute atomic E-state index is 10.4. The smallest absolute Gasteiger partial charge is 0.121 e. The summed E-state index contributed by atoms with van der Waals surface area (Å²) in [6.45, 7) is 1.79. The summed E-state index contributed by atoms with van der Waals surface area (Å²) >= 11 is 0. The van der Waals surface area contributed by atoms with E-state index in [9.17, 15) is 4.79 Å². The summed E-state index contributed by atoms with van der Waals surface area (Å²) in [7, 11) is 0. The second-order valence-electron chi connectivity index (χ2n) is 2.76. The molecule has 0 amide bonds. The summed E-state index contributed by atoms with van der Waals surface area (Å²) < 4.78 is 0. The van der Waals surface area contributed by atoms with E-state index < -0.39 is 0 Å². The fourth-order valence-electron chi connectivity index (χ4n) is 1.23.